The van der Waals surface area contributed by atoms with Gasteiger partial charge < -0.3 is 15.2 Å². The third-order valence-electron chi connectivity index (χ3n) is 2.47. The normalized spacial score (nSPS) is 18.5. The minimum atomic E-state index is -4.06. The zero-order valence-corrected chi connectivity index (χ0v) is 11.0. The number of fused-ring (bicyclic) bond motifs is 1. The number of sulfonamides is 1. The summed E-state index contributed by atoms with van der Waals surface area (Å²) in [5.41, 5.74) is 4.81. The van der Waals surface area contributed by atoms with E-state index in [1.165, 1.54) is 4.68 Å². The summed E-state index contributed by atoms with van der Waals surface area (Å²) >= 11 is 0. The summed E-state index contributed by atoms with van der Waals surface area (Å²) < 4.78 is 37.3. The van der Waals surface area contributed by atoms with Crippen LogP contribution in [0.1, 0.15) is 6.92 Å². The Morgan fingerprint density at radius 2 is 2.47 bits per heavy atom. The molecule has 0 saturated heterocycles. The van der Waals surface area contributed by atoms with Gasteiger partial charge in [0.25, 0.3) is 10.0 Å². The fourth-order valence-electron chi connectivity index (χ4n) is 1.76. The van der Waals surface area contributed by atoms with Crippen LogP contribution in [0.2, 0.25) is 0 Å². The molecule has 0 saturated carbocycles. The Morgan fingerprint density at radius 3 is 3.11 bits per heavy atom. The van der Waals surface area contributed by atoms with Gasteiger partial charge in [-0.2, -0.15) is 5.10 Å². The second-order valence-electron chi connectivity index (χ2n) is 3.85. The van der Waals surface area contributed by atoms with Crippen LogP contribution in [-0.4, -0.2) is 43.5 Å². The number of nitrogens with zero attached hydrogens (tertiary/aromatic N) is 2. The largest absolute Gasteiger partial charge is 0.474 e. The van der Waals surface area contributed by atoms with Crippen LogP contribution in [0.4, 0.5) is 4.79 Å². The molecule has 2 heterocycles. The van der Waals surface area contributed by atoms with Crippen LogP contribution in [0.15, 0.2) is 11.1 Å². The maximum absolute atomic E-state index is 11.8. The van der Waals surface area contributed by atoms with Gasteiger partial charge in [0.1, 0.15) is 12.7 Å². The molecule has 9 nitrogen and oxygen atoms in total. The number of hydrogen-bond donors (Lipinski definition) is 2. The highest BCUT2D eigenvalue weighted by Gasteiger charge is 2.30. The van der Waals surface area contributed by atoms with Gasteiger partial charge in [-0.05, 0) is 6.92 Å². The second kappa shape index (κ2) is 5.05. The average molecular weight is 290 g/mol. The molecule has 19 heavy (non-hydrogen) atoms. The Labute approximate surface area is 109 Å². The van der Waals surface area contributed by atoms with E-state index in [1.54, 1.807) is 4.72 Å². The van der Waals surface area contributed by atoms with Crippen molar-refractivity contribution in [3.8, 4) is 5.88 Å². The molecule has 0 spiro atoms. The Bertz CT molecular complexity index is 581. The molecule has 10 heteroatoms. The summed E-state index contributed by atoms with van der Waals surface area (Å²) in [7, 11) is -4.06. The predicted octanol–water partition coefficient (Wildman–Crippen LogP) is -0.962. The van der Waals surface area contributed by atoms with Crippen LogP contribution in [-0.2, 0) is 21.3 Å². The van der Waals surface area contributed by atoms with E-state index in [-0.39, 0.29) is 23.5 Å². The number of aromatic nitrogens is 2. The summed E-state index contributed by atoms with van der Waals surface area (Å²) in [6.45, 7) is 2.98. The van der Waals surface area contributed by atoms with Gasteiger partial charge in [-0.3, -0.25) is 0 Å². The second-order valence-corrected chi connectivity index (χ2v) is 5.51. The fourth-order valence-corrected chi connectivity index (χ4v) is 2.71. The van der Waals surface area contributed by atoms with Gasteiger partial charge in [0, 0.05) is 6.61 Å². The van der Waals surface area contributed by atoms with E-state index in [0.717, 1.165) is 6.20 Å². The lowest BCUT2D eigenvalue weighted by molar-refractivity contribution is -0.00761. The highest BCUT2D eigenvalue weighted by Crippen LogP contribution is 2.27. The number of nitrogens with one attached hydrogen (secondary N) is 1. The molecule has 1 aromatic rings. The zero-order valence-electron chi connectivity index (χ0n) is 10.2. The molecule has 106 valence electrons. The number of hydrogen-bond acceptors (Lipinski definition) is 6. The lowest BCUT2D eigenvalue weighted by atomic mass is 10.3. The summed E-state index contributed by atoms with van der Waals surface area (Å²) in [6.07, 6.45) is 0.923. The lowest BCUT2D eigenvalue weighted by Crippen LogP contribution is -2.36. The van der Waals surface area contributed by atoms with E-state index >= 15 is 0 Å². The SMILES string of the molecule is CCO[C@H]1COc2c(S(=O)(=O)NC(N)=O)cnn2C1. The van der Waals surface area contributed by atoms with E-state index < -0.39 is 16.1 Å². The highest BCUT2D eigenvalue weighted by molar-refractivity contribution is 7.90. The zero-order chi connectivity index (χ0) is 14.0. The molecule has 0 aromatic carbocycles. The summed E-state index contributed by atoms with van der Waals surface area (Å²) in [4.78, 5) is 10.4. The summed E-state index contributed by atoms with van der Waals surface area (Å²) in [5, 5.41) is 3.90. The standard InChI is InChI=1S/C9H14N4O5S/c1-2-17-6-4-13-8(18-5-6)7(3-11-13)19(15,16)12-9(10)14/h3,6H,2,4-5H2,1H3,(H3,10,12,14)/t6-/m1/s1. The minimum Gasteiger partial charge on any atom is -0.474 e. The molecule has 1 aromatic heterocycles. The monoisotopic (exact) mass is 290 g/mol. The topological polar surface area (TPSA) is 126 Å². The van der Waals surface area contributed by atoms with Gasteiger partial charge in [0.15, 0.2) is 4.90 Å². The van der Waals surface area contributed by atoms with Crippen LogP contribution >= 0.6 is 0 Å². The van der Waals surface area contributed by atoms with Gasteiger partial charge in [-0.25, -0.2) is 22.6 Å². The number of carbonyl (C=O) groups is 1. The summed E-state index contributed by atoms with van der Waals surface area (Å²) in [6, 6.07) is -1.16. The van der Waals surface area contributed by atoms with Crippen molar-refractivity contribution in [2.45, 2.75) is 24.5 Å². The molecule has 1 atom stereocenters. The third kappa shape index (κ3) is 2.79. The van der Waals surface area contributed by atoms with Gasteiger partial charge in [0.05, 0.1) is 12.7 Å². The molecule has 0 unspecified atom stereocenters. The molecular formula is C9H14N4O5S. The Kier molecular flexibility index (Phi) is 3.62. The maximum Gasteiger partial charge on any atom is 0.326 e. The molecule has 3 N–H and O–H groups in total. The molecular weight excluding hydrogens is 276 g/mol. The predicted molar refractivity (Wildman–Crippen MR) is 63.0 cm³/mol. The Hall–Kier alpha value is -1.81. The van der Waals surface area contributed by atoms with Crippen molar-refractivity contribution < 1.29 is 22.7 Å². The van der Waals surface area contributed by atoms with Crippen LogP contribution in [0.3, 0.4) is 0 Å². The van der Waals surface area contributed by atoms with Crippen molar-refractivity contribution in [1.82, 2.24) is 14.5 Å². The lowest BCUT2D eigenvalue weighted by Gasteiger charge is -2.24. The molecule has 0 aliphatic carbocycles. The number of ether oxygens (including phenoxy) is 2. The van der Waals surface area contributed by atoms with E-state index in [0.29, 0.717) is 13.2 Å². The molecule has 2 rings (SSSR count). The number of primary amides is 1. The molecule has 0 bridgehead atoms. The highest BCUT2D eigenvalue weighted by atomic mass is 32.2. The van der Waals surface area contributed by atoms with Crippen LogP contribution in [0, 0.1) is 0 Å². The third-order valence-corrected chi connectivity index (χ3v) is 3.80. The smallest absolute Gasteiger partial charge is 0.326 e. The molecule has 1 aliphatic rings. The number of rotatable bonds is 4. The molecule has 0 radical (unpaired) electrons. The van der Waals surface area contributed by atoms with Crippen LogP contribution in [0.25, 0.3) is 0 Å². The van der Waals surface area contributed by atoms with Crippen molar-refractivity contribution in [2.24, 2.45) is 5.73 Å². The maximum atomic E-state index is 11.8. The van der Waals surface area contributed by atoms with Gasteiger partial charge in [-0.15, -0.1) is 0 Å². The first-order valence-corrected chi connectivity index (χ1v) is 7.05. The van der Waals surface area contributed by atoms with E-state index in [2.05, 4.69) is 5.10 Å². The Balaban J connectivity index is 2.26. The first-order valence-electron chi connectivity index (χ1n) is 5.56. The minimum absolute atomic E-state index is 0.0738. The number of urea groups is 1. The summed E-state index contributed by atoms with van der Waals surface area (Å²) in [5.74, 6) is 0.0738. The van der Waals surface area contributed by atoms with E-state index in [4.69, 9.17) is 15.2 Å². The van der Waals surface area contributed by atoms with E-state index in [9.17, 15) is 13.2 Å². The van der Waals surface area contributed by atoms with Crippen LogP contribution < -0.4 is 15.2 Å². The number of carbonyl (C=O) groups excluding carboxylic acids is 1. The van der Waals surface area contributed by atoms with Gasteiger partial charge in [0.2, 0.25) is 5.88 Å². The average Bonchev–Trinajstić information content (AvgIpc) is 2.71. The fraction of sp³-hybridized carbons (Fsp3) is 0.556. The first kappa shape index (κ1) is 13.6. The quantitative estimate of drug-likeness (QED) is 0.735. The van der Waals surface area contributed by atoms with Crippen molar-refractivity contribution in [3.63, 3.8) is 0 Å². The Morgan fingerprint density at radius 1 is 1.74 bits per heavy atom. The van der Waals surface area contributed by atoms with Crippen molar-refractivity contribution in [2.75, 3.05) is 13.2 Å². The molecule has 2 amide bonds. The van der Waals surface area contributed by atoms with Crippen LogP contribution in [0.5, 0.6) is 5.88 Å². The number of amides is 2. The first-order chi connectivity index (χ1) is 8.94. The van der Waals surface area contributed by atoms with Gasteiger partial charge in [-0.1, -0.05) is 0 Å². The van der Waals surface area contributed by atoms with E-state index in [1.807, 2.05) is 6.92 Å². The molecule has 0 fully saturated rings. The van der Waals surface area contributed by atoms with Crippen molar-refractivity contribution in [3.05, 3.63) is 6.20 Å². The van der Waals surface area contributed by atoms with Gasteiger partial charge >= 0.3 is 6.03 Å². The molecule has 1 aliphatic heterocycles. The number of nitrogens with two attached hydrogens (primary N) is 1. The van der Waals surface area contributed by atoms with Crippen molar-refractivity contribution >= 4 is 16.1 Å². The van der Waals surface area contributed by atoms with Crippen molar-refractivity contribution in [1.29, 1.82) is 0 Å².